The largest absolute Gasteiger partial charge is 0.422 e. The third-order valence-electron chi connectivity index (χ3n) is 6.24. The fraction of sp³-hybridized carbons (Fsp3) is 0.360. The first-order valence-electron chi connectivity index (χ1n) is 10.6. The molecule has 31 heavy (non-hydrogen) atoms. The van der Waals surface area contributed by atoms with Gasteiger partial charge in [0.15, 0.2) is 5.78 Å². The second-order valence-corrected chi connectivity index (χ2v) is 8.64. The van der Waals surface area contributed by atoms with Crippen molar-refractivity contribution in [3.05, 3.63) is 59.2 Å². The minimum atomic E-state index is -0.654. The molecule has 160 valence electrons. The van der Waals surface area contributed by atoms with Crippen molar-refractivity contribution >= 4 is 29.3 Å². The lowest BCUT2D eigenvalue weighted by atomic mass is 9.76. The van der Waals surface area contributed by atoms with Gasteiger partial charge in [-0.15, -0.1) is 0 Å². The molecule has 0 aromatic heterocycles. The van der Waals surface area contributed by atoms with Crippen LogP contribution >= 0.6 is 0 Å². The Labute approximate surface area is 181 Å². The molecule has 1 heterocycles. The molecule has 2 fully saturated rings. The van der Waals surface area contributed by atoms with Gasteiger partial charge >= 0.3 is 5.97 Å². The zero-order valence-electron chi connectivity index (χ0n) is 17.9. The Kier molecular flexibility index (Phi) is 5.48. The van der Waals surface area contributed by atoms with Gasteiger partial charge in [-0.25, -0.2) is 4.79 Å². The van der Waals surface area contributed by atoms with E-state index in [1.165, 1.54) is 17.9 Å². The number of rotatable bonds is 4. The number of hydrogen-bond acceptors (Lipinski definition) is 5. The Morgan fingerprint density at radius 3 is 2.48 bits per heavy atom. The maximum Gasteiger partial charge on any atom is 0.343 e. The highest BCUT2D eigenvalue weighted by Crippen LogP contribution is 2.42. The van der Waals surface area contributed by atoms with E-state index in [9.17, 15) is 19.2 Å². The van der Waals surface area contributed by atoms with Crippen LogP contribution in [0.2, 0.25) is 0 Å². The molecule has 6 nitrogen and oxygen atoms in total. The Bertz CT molecular complexity index is 1090. The van der Waals surface area contributed by atoms with Gasteiger partial charge in [0.1, 0.15) is 5.75 Å². The highest BCUT2D eigenvalue weighted by Gasteiger charge is 2.50. The van der Waals surface area contributed by atoms with E-state index in [1.807, 2.05) is 6.92 Å². The van der Waals surface area contributed by atoms with Crippen LogP contribution in [0.15, 0.2) is 42.5 Å². The number of amides is 2. The molecule has 0 bridgehead atoms. The Morgan fingerprint density at radius 2 is 1.74 bits per heavy atom. The number of anilines is 1. The van der Waals surface area contributed by atoms with Crippen molar-refractivity contribution < 1.29 is 23.9 Å². The van der Waals surface area contributed by atoms with E-state index in [0.29, 0.717) is 23.6 Å². The van der Waals surface area contributed by atoms with Gasteiger partial charge in [0.2, 0.25) is 11.8 Å². The molecule has 2 aromatic rings. The fourth-order valence-electron chi connectivity index (χ4n) is 4.58. The standard InChI is InChI=1S/C25H25NO5/c1-14-7-9-19-21(12-14)24(29)26(23(19)28)18-6-4-5-17(13-18)25(30)31-22-10-8-15(2)11-20(22)16(3)27/h4-6,8,10-11,13-14,19,21H,7,9,12H2,1-3H3/t14-,19-,21+/m1/s1. The van der Waals surface area contributed by atoms with Gasteiger partial charge in [-0.1, -0.05) is 24.6 Å². The van der Waals surface area contributed by atoms with Gasteiger partial charge in [0.25, 0.3) is 0 Å². The van der Waals surface area contributed by atoms with Crippen LogP contribution in [0.5, 0.6) is 5.75 Å². The van der Waals surface area contributed by atoms with E-state index in [0.717, 1.165) is 18.4 Å². The molecular formula is C25H25NO5. The predicted molar refractivity (Wildman–Crippen MR) is 115 cm³/mol. The number of esters is 1. The molecule has 2 aromatic carbocycles. The maximum atomic E-state index is 13.0. The highest BCUT2D eigenvalue weighted by atomic mass is 16.5. The molecule has 6 heteroatoms. The normalized spacial score (nSPS) is 22.9. The van der Waals surface area contributed by atoms with Gasteiger partial charge in [0.05, 0.1) is 28.7 Å². The van der Waals surface area contributed by atoms with Gasteiger partial charge in [-0.2, -0.15) is 0 Å². The lowest BCUT2D eigenvalue weighted by Crippen LogP contribution is -2.31. The van der Waals surface area contributed by atoms with Crippen LogP contribution in [0, 0.1) is 24.7 Å². The molecule has 0 N–H and O–H groups in total. The number of benzene rings is 2. The van der Waals surface area contributed by atoms with Crippen molar-refractivity contribution in [3.63, 3.8) is 0 Å². The second kappa shape index (κ2) is 8.10. The summed E-state index contributed by atoms with van der Waals surface area (Å²) in [6, 6.07) is 11.4. The number of carbonyl (C=O) groups is 4. The summed E-state index contributed by atoms with van der Waals surface area (Å²) in [5.41, 5.74) is 1.79. The van der Waals surface area contributed by atoms with Gasteiger partial charge in [-0.05, 0) is 69.4 Å². The minimum Gasteiger partial charge on any atom is -0.422 e. The summed E-state index contributed by atoms with van der Waals surface area (Å²) in [5.74, 6) is -1.19. The number of carbonyl (C=O) groups excluding carboxylic acids is 4. The summed E-state index contributed by atoms with van der Waals surface area (Å²) in [6.07, 6.45) is 2.38. The summed E-state index contributed by atoms with van der Waals surface area (Å²) in [4.78, 5) is 51.8. The molecule has 0 spiro atoms. The topological polar surface area (TPSA) is 80.8 Å². The Morgan fingerprint density at radius 1 is 1.00 bits per heavy atom. The summed E-state index contributed by atoms with van der Waals surface area (Å²) in [5, 5.41) is 0. The van der Waals surface area contributed by atoms with Gasteiger partial charge in [-0.3, -0.25) is 19.3 Å². The lowest BCUT2D eigenvalue weighted by Gasteiger charge is -2.25. The molecule has 2 aliphatic rings. The van der Waals surface area contributed by atoms with Crippen molar-refractivity contribution in [3.8, 4) is 5.75 Å². The monoisotopic (exact) mass is 419 g/mol. The molecule has 0 radical (unpaired) electrons. The molecule has 1 aliphatic carbocycles. The second-order valence-electron chi connectivity index (χ2n) is 8.64. The number of ketones is 1. The van der Waals surface area contributed by atoms with Crippen LogP contribution in [-0.2, 0) is 9.59 Å². The van der Waals surface area contributed by atoms with E-state index in [4.69, 9.17) is 4.74 Å². The van der Waals surface area contributed by atoms with Gasteiger partial charge < -0.3 is 4.74 Å². The van der Waals surface area contributed by atoms with Crippen molar-refractivity contribution in [1.82, 2.24) is 0 Å². The summed E-state index contributed by atoms with van der Waals surface area (Å²) in [6.45, 7) is 5.37. The summed E-state index contributed by atoms with van der Waals surface area (Å²) in [7, 11) is 0. The zero-order chi connectivity index (χ0) is 22.3. The summed E-state index contributed by atoms with van der Waals surface area (Å²) < 4.78 is 5.48. The molecule has 4 rings (SSSR count). The van der Waals surface area contributed by atoms with Crippen LogP contribution in [0.3, 0.4) is 0 Å². The van der Waals surface area contributed by atoms with Crippen LogP contribution in [0.4, 0.5) is 5.69 Å². The fourth-order valence-corrected chi connectivity index (χ4v) is 4.58. The van der Waals surface area contributed by atoms with E-state index in [1.54, 1.807) is 36.4 Å². The van der Waals surface area contributed by atoms with Crippen LogP contribution < -0.4 is 9.64 Å². The van der Waals surface area contributed by atoms with E-state index in [2.05, 4.69) is 6.92 Å². The smallest absolute Gasteiger partial charge is 0.343 e. The molecule has 1 saturated heterocycles. The van der Waals surface area contributed by atoms with E-state index >= 15 is 0 Å². The van der Waals surface area contributed by atoms with E-state index in [-0.39, 0.29) is 40.7 Å². The number of imide groups is 1. The number of ether oxygens (including phenoxy) is 1. The zero-order valence-corrected chi connectivity index (χ0v) is 17.9. The third kappa shape index (κ3) is 3.90. The molecule has 1 aliphatic heterocycles. The molecule has 2 amide bonds. The van der Waals surface area contributed by atoms with Crippen molar-refractivity contribution in [2.45, 2.75) is 40.0 Å². The average molecular weight is 419 g/mol. The van der Waals surface area contributed by atoms with Crippen molar-refractivity contribution in [2.24, 2.45) is 17.8 Å². The number of aryl methyl sites for hydroxylation is 1. The molecule has 0 unspecified atom stereocenters. The predicted octanol–water partition coefficient (Wildman–Crippen LogP) is 4.34. The van der Waals surface area contributed by atoms with Crippen LogP contribution in [0.25, 0.3) is 0 Å². The Balaban J connectivity index is 1.59. The summed E-state index contributed by atoms with van der Waals surface area (Å²) >= 11 is 0. The number of nitrogens with zero attached hydrogens (tertiary/aromatic N) is 1. The quantitative estimate of drug-likeness (QED) is 0.319. The SMILES string of the molecule is CC(=O)c1cc(C)ccc1OC(=O)c1cccc(N2C(=O)[C@H]3C[C@H](C)CC[C@H]3C2=O)c1. The van der Waals surface area contributed by atoms with Crippen molar-refractivity contribution in [1.29, 1.82) is 0 Å². The number of Topliss-reactive ketones (excluding diaryl/α,β-unsaturated/α-hetero) is 1. The maximum absolute atomic E-state index is 13.0. The van der Waals surface area contributed by atoms with Crippen LogP contribution in [-0.4, -0.2) is 23.6 Å². The average Bonchev–Trinajstić information content (AvgIpc) is 2.98. The highest BCUT2D eigenvalue weighted by molar-refractivity contribution is 6.22. The minimum absolute atomic E-state index is 0.182. The Hall–Kier alpha value is -3.28. The first-order chi connectivity index (χ1) is 14.8. The first-order valence-corrected chi connectivity index (χ1v) is 10.6. The molecule has 3 atom stereocenters. The van der Waals surface area contributed by atoms with E-state index < -0.39 is 5.97 Å². The van der Waals surface area contributed by atoms with Gasteiger partial charge in [0, 0.05) is 0 Å². The lowest BCUT2D eigenvalue weighted by molar-refractivity contribution is -0.122. The molecule has 1 saturated carbocycles. The van der Waals surface area contributed by atoms with Crippen molar-refractivity contribution in [2.75, 3.05) is 4.90 Å². The molecular weight excluding hydrogens is 394 g/mol. The number of hydrogen-bond donors (Lipinski definition) is 0. The third-order valence-corrected chi connectivity index (χ3v) is 6.24. The number of fused-ring (bicyclic) bond motifs is 1. The van der Waals surface area contributed by atoms with Crippen LogP contribution in [0.1, 0.15) is 59.4 Å². The first kappa shape index (κ1) is 21.0.